The van der Waals surface area contributed by atoms with Gasteiger partial charge in [0, 0.05) is 18.3 Å². The van der Waals surface area contributed by atoms with Crippen molar-refractivity contribution < 1.29 is 31.9 Å². The fourth-order valence-electron chi connectivity index (χ4n) is 11.1. The van der Waals surface area contributed by atoms with Crippen LogP contribution in [0, 0.1) is 29.6 Å². The Morgan fingerprint density at radius 2 is 0.890 bits per heavy atom. The molecule has 4 aromatic carbocycles. The predicted molar refractivity (Wildman–Crippen MR) is 402 cm³/mol. The minimum atomic E-state index is -2.29. The van der Waals surface area contributed by atoms with Crippen molar-refractivity contribution in [2.24, 2.45) is 29.6 Å². The summed E-state index contributed by atoms with van der Waals surface area (Å²) in [7, 11) is -7.26. The van der Waals surface area contributed by atoms with Gasteiger partial charge in [-0.15, -0.1) is 0 Å². The summed E-state index contributed by atoms with van der Waals surface area (Å²) in [6.07, 6.45) is 20.2. The first-order chi connectivity index (χ1) is 42.1. The van der Waals surface area contributed by atoms with Crippen molar-refractivity contribution in [3.8, 4) is 5.75 Å². The molecule has 4 aromatic rings. The SMILES string of the molecule is C=CC=C[C@H](C)[C@H](OCc1ccc(OC)cc1)[C@@H](C)[C@@H](CCCC[C@H](C)[C@@H](O[Si](C)(C)C(C)(C)C)[C@@H](C)C=C[C@H](C[C@H](O[Si](C)(C)C(C)(C)C)[C@H](C)C=CCOC(c1ccccc1)(c1ccccc1)c1ccccc1)O[Si](C)(C)C(C)(C)C)O[Si](C)(C)C(C)(C)C. The molecule has 0 saturated heterocycles. The van der Waals surface area contributed by atoms with Crippen molar-refractivity contribution in [1.29, 1.82) is 0 Å². The lowest BCUT2D eigenvalue weighted by Crippen LogP contribution is -2.48. The Kier molecular flexibility index (Phi) is 30.0. The average molecular weight is 1320 g/mol. The zero-order valence-electron chi connectivity index (χ0n) is 62.3. The van der Waals surface area contributed by atoms with Gasteiger partial charge in [-0.1, -0.05) is 283 Å². The minimum absolute atomic E-state index is 0.00706. The van der Waals surface area contributed by atoms with Crippen LogP contribution in [0.5, 0.6) is 5.75 Å². The fourth-order valence-corrected chi connectivity index (χ4v) is 16.7. The van der Waals surface area contributed by atoms with E-state index in [1.54, 1.807) is 7.11 Å². The Hall–Kier alpha value is -3.73. The van der Waals surface area contributed by atoms with Crippen LogP contribution < -0.4 is 4.74 Å². The molecule has 0 radical (unpaired) electrons. The van der Waals surface area contributed by atoms with Crippen LogP contribution in [0.2, 0.25) is 72.5 Å². The Bertz CT molecular complexity index is 2720. The molecule has 0 unspecified atom stereocenters. The molecule has 508 valence electrons. The van der Waals surface area contributed by atoms with Crippen molar-refractivity contribution >= 4 is 33.3 Å². The largest absolute Gasteiger partial charge is 0.497 e. The molecule has 4 rings (SSSR count). The van der Waals surface area contributed by atoms with Crippen molar-refractivity contribution in [2.45, 2.75) is 265 Å². The predicted octanol–water partition coefficient (Wildman–Crippen LogP) is 23.1. The second-order valence-corrected chi connectivity index (χ2v) is 51.7. The molecule has 0 aliphatic carbocycles. The first-order valence-electron chi connectivity index (χ1n) is 34.5. The molecule has 10 atom stereocenters. The zero-order valence-corrected chi connectivity index (χ0v) is 66.3. The van der Waals surface area contributed by atoms with Crippen LogP contribution in [0.3, 0.4) is 0 Å². The van der Waals surface area contributed by atoms with E-state index in [2.05, 4.69) is 316 Å². The third-order valence-electron chi connectivity index (χ3n) is 21.3. The smallest absolute Gasteiger partial charge is 0.192 e. The van der Waals surface area contributed by atoms with Crippen LogP contribution in [0.25, 0.3) is 0 Å². The molecule has 0 fully saturated rings. The summed E-state index contributed by atoms with van der Waals surface area (Å²) in [4.78, 5) is 0. The van der Waals surface area contributed by atoms with E-state index in [-0.39, 0.29) is 74.3 Å². The normalized spacial score (nSPS) is 17.2. The highest BCUT2D eigenvalue weighted by molar-refractivity contribution is 6.75. The third-order valence-corrected chi connectivity index (χ3v) is 39.3. The van der Waals surface area contributed by atoms with Gasteiger partial charge in [-0.2, -0.15) is 0 Å². The first kappa shape index (κ1) is 79.7. The summed E-state index contributed by atoms with van der Waals surface area (Å²) in [6, 6.07) is 40.2. The molecule has 0 aliphatic heterocycles. The number of ether oxygens (including phenoxy) is 3. The number of rotatable bonds is 36. The van der Waals surface area contributed by atoms with Gasteiger partial charge in [-0.25, -0.2) is 0 Å². The standard InChI is InChI=1S/C80H130O7Si4/c1-28-29-42-63(4)75(82-60-66-53-56-70(81-19)57-54-66)65(6)72(85-89(22,23)77(10,11)12)51-40-39-43-62(3)74(87-91(26,27)79(16,17)18)64(5)52-55-71(84-88(20,21)76(7,8)9)59-73(86-90(24,25)78(13,14)15)61(2)44-41-58-83-80(67-45-33-30-34-46-67,68-47-35-31-36-48-68)69-49-37-32-38-50-69/h28-38,41-42,44-50,52-57,61-65,71-75H,1,39-40,43,51,58-60H2,2-27H3/t61-,62+,63+,64+,65+,71-,72-,73+,74-,75+/m1/s1. The van der Waals surface area contributed by atoms with Gasteiger partial charge in [0.05, 0.1) is 50.8 Å². The fraction of sp³-hybridized carbons (Fsp3) is 0.600. The van der Waals surface area contributed by atoms with Crippen LogP contribution in [0.4, 0.5) is 0 Å². The zero-order chi connectivity index (χ0) is 68.4. The maximum Gasteiger partial charge on any atom is 0.192 e. The Labute approximate surface area is 562 Å². The summed E-state index contributed by atoms with van der Waals surface area (Å²) in [5.41, 5.74) is 3.58. The Balaban J connectivity index is 1.71. The Morgan fingerprint density at radius 3 is 1.34 bits per heavy atom. The number of hydrogen-bond donors (Lipinski definition) is 0. The molecule has 0 saturated carbocycles. The van der Waals surface area contributed by atoms with E-state index in [9.17, 15) is 0 Å². The van der Waals surface area contributed by atoms with Crippen LogP contribution in [0.15, 0.2) is 164 Å². The number of allylic oxidation sites excluding steroid dienone is 2. The molecule has 0 aromatic heterocycles. The highest BCUT2D eigenvalue weighted by Crippen LogP contribution is 2.45. The summed E-state index contributed by atoms with van der Waals surface area (Å²) < 4.78 is 50.1. The average Bonchev–Trinajstić information content (AvgIpc) is 0.772. The molecule has 0 spiro atoms. The monoisotopic (exact) mass is 1310 g/mol. The maximum atomic E-state index is 7.64. The van der Waals surface area contributed by atoms with Gasteiger partial charge >= 0.3 is 0 Å². The lowest BCUT2D eigenvalue weighted by Gasteiger charge is -2.44. The van der Waals surface area contributed by atoms with E-state index >= 15 is 0 Å². The van der Waals surface area contributed by atoms with E-state index < -0.39 is 38.9 Å². The first-order valence-corrected chi connectivity index (χ1v) is 46.2. The van der Waals surface area contributed by atoms with Crippen LogP contribution in [0.1, 0.15) is 172 Å². The quantitative estimate of drug-likeness (QED) is 0.0148. The van der Waals surface area contributed by atoms with Gasteiger partial charge in [-0.05, 0) is 138 Å². The topological polar surface area (TPSA) is 64.6 Å². The molecule has 7 nitrogen and oxygen atoms in total. The molecule has 0 bridgehead atoms. The summed E-state index contributed by atoms with van der Waals surface area (Å²) >= 11 is 0. The second kappa shape index (κ2) is 34.3. The third kappa shape index (κ3) is 23.0. The van der Waals surface area contributed by atoms with E-state index in [0.717, 1.165) is 60.1 Å². The van der Waals surface area contributed by atoms with Crippen molar-refractivity contribution in [3.63, 3.8) is 0 Å². The van der Waals surface area contributed by atoms with Crippen LogP contribution >= 0.6 is 0 Å². The van der Waals surface area contributed by atoms with Crippen molar-refractivity contribution in [3.05, 3.63) is 187 Å². The number of hydrogen-bond acceptors (Lipinski definition) is 7. The van der Waals surface area contributed by atoms with Gasteiger partial charge in [0.1, 0.15) is 11.4 Å². The van der Waals surface area contributed by atoms with E-state index in [1.807, 2.05) is 18.2 Å². The summed E-state index contributed by atoms with van der Waals surface area (Å²) in [5, 5.41) is 0.127. The van der Waals surface area contributed by atoms with E-state index in [0.29, 0.717) is 19.1 Å². The molecule has 0 amide bonds. The molecule has 0 aliphatic rings. The van der Waals surface area contributed by atoms with Gasteiger partial charge in [0.15, 0.2) is 33.3 Å². The summed E-state index contributed by atoms with van der Waals surface area (Å²) in [5.74, 6) is 1.64. The number of unbranched alkanes of at least 4 members (excludes halogenated alkanes) is 1. The van der Waals surface area contributed by atoms with Gasteiger partial charge in [0.25, 0.3) is 0 Å². The van der Waals surface area contributed by atoms with Gasteiger partial charge in [0.2, 0.25) is 0 Å². The Morgan fingerprint density at radius 1 is 0.462 bits per heavy atom. The highest BCUT2D eigenvalue weighted by Gasteiger charge is 2.46. The molecular weight excluding hydrogens is 1190 g/mol. The number of benzene rings is 4. The molecule has 91 heavy (non-hydrogen) atoms. The van der Waals surface area contributed by atoms with Gasteiger partial charge in [-0.3, -0.25) is 0 Å². The number of methoxy groups -OCH3 is 1. The molecule has 11 heteroatoms. The lowest BCUT2D eigenvalue weighted by molar-refractivity contribution is -0.0544. The maximum absolute atomic E-state index is 7.64. The molecule has 0 N–H and O–H groups in total. The second-order valence-electron chi connectivity index (χ2n) is 32.7. The van der Waals surface area contributed by atoms with Crippen LogP contribution in [-0.4, -0.2) is 77.5 Å². The van der Waals surface area contributed by atoms with Crippen LogP contribution in [-0.2, 0) is 39.4 Å². The minimum Gasteiger partial charge on any atom is -0.497 e. The summed E-state index contributed by atoms with van der Waals surface area (Å²) in [6.45, 7) is 64.2. The van der Waals surface area contributed by atoms with Crippen molar-refractivity contribution in [1.82, 2.24) is 0 Å². The lowest BCUT2D eigenvalue weighted by atomic mass is 9.80. The van der Waals surface area contributed by atoms with Crippen molar-refractivity contribution in [2.75, 3.05) is 13.7 Å². The molecule has 0 heterocycles. The van der Waals surface area contributed by atoms with Gasteiger partial charge < -0.3 is 31.9 Å². The van der Waals surface area contributed by atoms with E-state index in [1.165, 1.54) is 0 Å². The van der Waals surface area contributed by atoms with E-state index in [4.69, 9.17) is 31.9 Å². The highest BCUT2D eigenvalue weighted by atomic mass is 28.4. The molecular formula is C80H130O7Si4.